The number of nitrogens with two attached hydrogens (primary N) is 1. The highest BCUT2D eigenvalue weighted by atomic mass is 16.3. The van der Waals surface area contributed by atoms with Crippen molar-refractivity contribution in [2.75, 3.05) is 40.3 Å². The maximum atomic E-state index is 10.9. The number of piperidine rings is 1. The molecule has 1 aliphatic rings. The Morgan fingerprint density at radius 1 is 1.35 bits per heavy atom. The lowest BCUT2D eigenvalue weighted by molar-refractivity contribution is -0.00774. The second-order valence-electron chi connectivity index (χ2n) is 6.10. The highest BCUT2D eigenvalue weighted by Gasteiger charge is 2.32. The highest BCUT2D eigenvalue weighted by molar-refractivity contribution is 5.23. The van der Waals surface area contributed by atoms with Crippen LogP contribution in [0.4, 0.5) is 0 Å². The van der Waals surface area contributed by atoms with Crippen LogP contribution in [0.25, 0.3) is 0 Å². The number of β-amino-alcohol motifs (C(OH)–C–C–N with tert-alkyl or cyclic N) is 1. The Morgan fingerprint density at radius 3 is 2.65 bits per heavy atom. The molecule has 0 radical (unpaired) electrons. The molecule has 0 amide bonds. The molecule has 0 saturated carbocycles. The molecule has 2 atom stereocenters. The fraction of sp³-hybridized carbons (Fsp3) is 0.625. The molecule has 0 spiro atoms. The van der Waals surface area contributed by atoms with Gasteiger partial charge >= 0.3 is 0 Å². The van der Waals surface area contributed by atoms with E-state index < -0.39 is 5.60 Å². The minimum atomic E-state index is -0.949. The van der Waals surface area contributed by atoms with Gasteiger partial charge in [-0.25, -0.2) is 0 Å². The van der Waals surface area contributed by atoms with E-state index in [1.807, 2.05) is 30.3 Å². The molecule has 1 fully saturated rings. The van der Waals surface area contributed by atoms with Crippen LogP contribution < -0.4 is 5.73 Å². The molecule has 112 valence electrons. The van der Waals surface area contributed by atoms with Crippen molar-refractivity contribution in [3.8, 4) is 0 Å². The zero-order valence-electron chi connectivity index (χ0n) is 12.6. The average molecular weight is 277 g/mol. The lowest BCUT2D eigenvalue weighted by atomic mass is 9.92. The fourth-order valence-corrected chi connectivity index (χ4v) is 2.99. The number of aliphatic hydroxyl groups is 1. The molecule has 1 saturated heterocycles. The van der Waals surface area contributed by atoms with E-state index in [0.29, 0.717) is 12.6 Å². The van der Waals surface area contributed by atoms with Gasteiger partial charge in [0, 0.05) is 25.7 Å². The van der Waals surface area contributed by atoms with Gasteiger partial charge in [-0.05, 0) is 39.0 Å². The zero-order valence-corrected chi connectivity index (χ0v) is 12.6. The first-order valence-electron chi connectivity index (χ1n) is 7.42. The number of hydrogen-bond acceptors (Lipinski definition) is 4. The molecule has 1 heterocycles. The second kappa shape index (κ2) is 6.68. The van der Waals surface area contributed by atoms with E-state index in [9.17, 15) is 5.11 Å². The van der Waals surface area contributed by atoms with Gasteiger partial charge in [-0.2, -0.15) is 0 Å². The van der Waals surface area contributed by atoms with Crippen LogP contribution in [0, 0.1) is 0 Å². The van der Waals surface area contributed by atoms with Crippen molar-refractivity contribution in [3.05, 3.63) is 35.9 Å². The van der Waals surface area contributed by atoms with Crippen LogP contribution in [0.1, 0.15) is 18.4 Å². The number of likely N-dealkylation sites (N-methyl/N-ethyl adjacent to an activating group) is 1. The monoisotopic (exact) mass is 277 g/mol. The molecule has 3 N–H and O–H groups in total. The van der Waals surface area contributed by atoms with Crippen LogP contribution in [0.5, 0.6) is 0 Å². The van der Waals surface area contributed by atoms with Crippen LogP contribution in [-0.2, 0) is 5.60 Å². The van der Waals surface area contributed by atoms with Gasteiger partial charge in [-0.1, -0.05) is 30.3 Å². The van der Waals surface area contributed by atoms with Gasteiger partial charge in [0.05, 0.1) is 0 Å². The van der Waals surface area contributed by atoms with E-state index >= 15 is 0 Å². The molecule has 20 heavy (non-hydrogen) atoms. The molecule has 2 rings (SSSR count). The predicted octanol–water partition coefficient (Wildman–Crippen LogP) is 0.859. The summed E-state index contributed by atoms with van der Waals surface area (Å²) in [5.74, 6) is 0. The third-order valence-electron chi connectivity index (χ3n) is 4.34. The zero-order chi connectivity index (χ0) is 14.6. The summed E-state index contributed by atoms with van der Waals surface area (Å²) in [4.78, 5) is 4.62. The first-order chi connectivity index (χ1) is 9.55. The summed E-state index contributed by atoms with van der Waals surface area (Å²) in [5.41, 5.74) is 5.83. The first kappa shape index (κ1) is 15.4. The van der Waals surface area contributed by atoms with Gasteiger partial charge in [0.1, 0.15) is 5.60 Å². The highest BCUT2D eigenvalue weighted by Crippen LogP contribution is 2.23. The summed E-state index contributed by atoms with van der Waals surface area (Å²) >= 11 is 0. The van der Waals surface area contributed by atoms with Gasteiger partial charge in [0.25, 0.3) is 0 Å². The Hall–Kier alpha value is -0.940. The Bertz CT molecular complexity index is 409. The molecule has 1 aromatic carbocycles. The SMILES string of the molecule is CN(C)C1CCCN(CC(O)(CN)c2ccccc2)C1. The Morgan fingerprint density at radius 2 is 2.05 bits per heavy atom. The number of rotatable bonds is 5. The summed E-state index contributed by atoms with van der Waals surface area (Å²) in [7, 11) is 4.25. The van der Waals surface area contributed by atoms with E-state index in [1.54, 1.807) is 0 Å². The average Bonchev–Trinajstić information content (AvgIpc) is 2.48. The Balaban J connectivity index is 2.06. The first-order valence-corrected chi connectivity index (χ1v) is 7.42. The third-order valence-corrected chi connectivity index (χ3v) is 4.34. The van der Waals surface area contributed by atoms with Gasteiger partial charge in [0.2, 0.25) is 0 Å². The molecular weight excluding hydrogens is 250 g/mol. The second-order valence-corrected chi connectivity index (χ2v) is 6.10. The molecular formula is C16H27N3O. The molecule has 0 bridgehead atoms. The van der Waals surface area contributed by atoms with E-state index in [2.05, 4.69) is 23.9 Å². The van der Waals surface area contributed by atoms with Gasteiger partial charge in [-0.15, -0.1) is 0 Å². The van der Waals surface area contributed by atoms with Gasteiger partial charge in [-0.3, -0.25) is 4.90 Å². The summed E-state index contributed by atoms with van der Waals surface area (Å²) in [6.07, 6.45) is 2.41. The van der Waals surface area contributed by atoms with Crippen molar-refractivity contribution in [3.63, 3.8) is 0 Å². The summed E-state index contributed by atoms with van der Waals surface area (Å²) in [6, 6.07) is 10.4. The molecule has 2 unspecified atom stereocenters. The molecule has 1 aliphatic heterocycles. The summed E-state index contributed by atoms with van der Waals surface area (Å²) in [5, 5.41) is 10.9. The quantitative estimate of drug-likeness (QED) is 0.838. The van der Waals surface area contributed by atoms with Crippen molar-refractivity contribution in [2.24, 2.45) is 5.73 Å². The molecule has 0 aromatic heterocycles. The number of nitrogens with zero attached hydrogens (tertiary/aromatic N) is 2. The maximum absolute atomic E-state index is 10.9. The van der Waals surface area contributed by atoms with Crippen molar-refractivity contribution in [2.45, 2.75) is 24.5 Å². The molecule has 4 nitrogen and oxygen atoms in total. The third kappa shape index (κ3) is 3.58. The predicted molar refractivity (Wildman–Crippen MR) is 82.5 cm³/mol. The topological polar surface area (TPSA) is 52.7 Å². The fourth-order valence-electron chi connectivity index (χ4n) is 2.99. The molecule has 1 aromatic rings. The van der Waals surface area contributed by atoms with Crippen LogP contribution in [0.15, 0.2) is 30.3 Å². The lowest BCUT2D eigenvalue weighted by Crippen LogP contribution is -2.52. The van der Waals surface area contributed by atoms with Crippen LogP contribution in [0.2, 0.25) is 0 Å². The Kier molecular flexibility index (Phi) is 5.16. The lowest BCUT2D eigenvalue weighted by Gasteiger charge is -2.40. The normalized spacial score (nSPS) is 23.8. The van der Waals surface area contributed by atoms with Gasteiger partial charge in [0.15, 0.2) is 0 Å². The van der Waals surface area contributed by atoms with Crippen LogP contribution in [-0.4, -0.2) is 61.2 Å². The smallest absolute Gasteiger partial charge is 0.114 e. The number of benzene rings is 1. The minimum Gasteiger partial charge on any atom is -0.382 e. The maximum Gasteiger partial charge on any atom is 0.114 e. The van der Waals surface area contributed by atoms with Crippen molar-refractivity contribution >= 4 is 0 Å². The van der Waals surface area contributed by atoms with Crippen molar-refractivity contribution in [1.82, 2.24) is 9.80 Å². The van der Waals surface area contributed by atoms with Gasteiger partial charge < -0.3 is 15.7 Å². The van der Waals surface area contributed by atoms with Crippen molar-refractivity contribution in [1.29, 1.82) is 0 Å². The van der Waals surface area contributed by atoms with E-state index in [1.165, 1.54) is 12.8 Å². The molecule has 4 heteroatoms. The largest absolute Gasteiger partial charge is 0.382 e. The van der Waals surface area contributed by atoms with Crippen LogP contribution in [0.3, 0.4) is 0 Å². The summed E-state index contributed by atoms with van der Waals surface area (Å²) in [6.45, 7) is 2.90. The summed E-state index contributed by atoms with van der Waals surface area (Å²) < 4.78 is 0. The van der Waals surface area contributed by atoms with E-state index in [-0.39, 0.29) is 6.54 Å². The number of likely N-dealkylation sites (tertiary alicyclic amines) is 1. The van der Waals surface area contributed by atoms with Crippen LogP contribution >= 0.6 is 0 Å². The Labute approximate surface area is 122 Å². The number of hydrogen-bond donors (Lipinski definition) is 2. The van der Waals surface area contributed by atoms with E-state index in [0.717, 1.165) is 18.7 Å². The van der Waals surface area contributed by atoms with E-state index in [4.69, 9.17) is 5.73 Å². The minimum absolute atomic E-state index is 0.250. The van der Waals surface area contributed by atoms with Crippen molar-refractivity contribution < 1.29 is 5.11 Å². The standard InChI is InChI=1S/C16H27N3O/c1-18(2)15-9-6-10-19(11-15)13-16(20,12-17)14-7-4-3-5-8-14/h3-5,7-8,15,20H,6,9-13,17H2,1-2H3. The molecule has 0 aliphatic carbocycles.